The number of amides is 3. The second-order valence-corrected chi connectivity index (χ2v) is 8.76. The molecular weight excluding hydrogens is 450 g/mol. The molecule has 3 amide bonds. The molecule has 0 saturated carbocycles. The van der Waals surface area contributed by atoms with E-state index in [2.05, 4.69) is 15.3 Å². The van der Waals surface area contributed by atoms with Gasteiger partial charge in [-0.15, -0.1) is 0 Å². The Labute approximate surface area is 205 Å². The van der Waals surface area contributed by atoms with E-state index in [0.717, 1.165) is 0 Å². The number of ether oxygens (including phenoxy) is 2. The Balaban J connectivity index is 1.99. The minimum Gasteiger partial charge on any atom is -0.491 e. The smallest absolute Gasteiger partial charge is 0.274 e. The highest BCUT2D eigenvalue weighted by molar-refractivity contribution is 5.98. The number of methoxy groups -OCH3 is 1. The Morgan fingerprint density at radius 2 is 2.00 bits per heavy atom. The van der Waals surface area contributed by atoms with Gasteiger partial charge in [0.2, 0.25) is 5.91 Å². The number of rotatable bonds is 4. The summed E-state index contributed by atoms with van der Waals surface area (Å²) in [6.07, 6.45) is 4.46. The SMILES string of the molecule is CCC(=O)Nc1ccc2c(c1)OC[C@H](C)N(C(=O)c1cnccn1)C[C@@H](C)[C@@H](OC)CN(C)C2=O. The van der Waals surface area contributed by atoms with E-state index in [9.17, 15) is 14.4 Å². The highest BCUT2D eigenvalue weighted by atomic mass is 16.5. The summed E-state index contributed by atoms with van der Waals surface area (Å²) in [5, 5.41) is 2.79. The molecular formula is C25H33N5O5. The third kappa shape index (κ3) is 6.33. The van der Waals surface area contributed by atoms with Crippen LogP contribution >= 0.6 is 0 Å². The van der Waals surface area contributed by atoms with Crippen LogP contribution in [0.2, 0.25) is 0 Å². The number of carbonyl (C=O) groups is 3. The highest BCUT2D eigenvalue weighted by Crippen LogP contribution is 2.27. The molecule has 35 heavy (non-hydrogen) atoms. The first-order valence-electron chi connectivity index (χ1n) is 11.7. The molecule has 1 aliphatic rings. The molecule has 2 heterocycles. The average Bonchev–Trinajstić information content (AvgIpc) is 2.87. The Morgan fingerprint density at radius 3 is 2.66 bits per heavy atom. The van der Waals surface area contributed by atoms with Gasteiger partial charge < -0.3 is 24.6 Å². The van der Waals surface area contributed by atoms with Gasteiger partial charge in [0.25, 0.3) is 11.8 Å². The second kappa shape index (κ2) is 11.7. The maximum Gasteiger partial charge on any atom is 0.274 e. The zero-order chi connectivity index (χ0) is 25.5. The molecule has 3 rings (SSSR count). The van der Waals surface area contributed by atoms with Gasteiger partial charge in [-0.25, -0.2) is 4.98 Å². The molecule has 188 valence electrons. The fourth-order valence-corrected chi connectivity index (χ4v) is 3.94. The summed E-state index contributed by atoms with van der Waals surface area (Å²) in [5.74, 6) is -0.376. The normalized spacial score (nSPS) is 21.3. The minimum absolute atomic E-state index is 0.0798. The number of carbonyl (C=O) groups excluding carboxylic acids is 3. The van der Waals surface area contributed by atoms with Gasteiger partial charge in [0.1, 0.15) is 18.1 Å². The van der Waals surface area contributed by atoms with Crippen LogP contribution in [0, 0.1) is 5.92 Å². The number of aromatic nitrogens is 2. The Kier molecular flexibility index (Phi) is 8.75. The fourth-order valence-electron chi connectivity index (χ4n) is 3.94. The van der Waals surface area contributed by atoms with Crippen LogP contribution in [0.1, 0.15) is 48.0 Å². The van der Waals surface area contributed by atoms with Crippen molar-refractivity contribution in [2.45, 2.75) is 39.3 Å². The van der Waals surface area contributed by atoms with E-state index in [1.165, 1.54) is 18.6 Å². The van der Waals surface area contributed by atoms with Gasteiger partial charge in [0.05, 0.1) is 23.9 Å². The molecule has 0 bridgehead atoms. The van der Waals surface area contributed by atoms with Crippen molar-refractivity contribution >= 4 is 23.4 Å². The molecule has 0 fully saturated rings. The first-order valence-corrected chi connectivity index (χ1v) is 11.7. The lowest BCUT2D eigenvalue weighted by atomic mass is 10.0. The first kappa shape index (κ1) is 26.1. The Bertz CT molecular complexity index is 1050. The number of hydrogen-bond donors (Lipinski definition) is 1. The van der Waals surface area contributed by atoms with Crippen LogP contribution in [-0.4, -0.2) is 83.5 Å². The average molecular weight is 484 g/mol. The number of anilines is 1. The van der Waals surface area contributed by atoms with Crippen molar-refractivity contribution in [2.75, 3.05) is 39.2 Å². The zero-order valence-electron chi connectivity index (χ0n) is 20.9. The minimum atomic E-state index is -0.349. The zero-order valence-corrected chi connectivity index (χ0v) is 20.9. The molecule has 0 unspecified atom stereocenters. The molecule has 3 atom stereocenters. The van der Waals surface area contributed by atoms with Gasteiger partial charge in [-0.2, -0.15) is 0 Å². The molecule has 1 aliphatic heterocycles. The van der Waals surface area contributed by atoms with Gasteiger partial charge in [-0.1, -0.05) is 13.8 Å². The van der Waals surface area contributed by atoms with Gasteiger partial charge in [-0.05, 0) is 19.1 Å². The quantitative estimate of drug-likeness (QED) is 0.711. The van der Waals surface area contributed by atoms with Gasteiger partial charge >= 0.3 is 0 Å². The molecule has 0 saturated heterocycles. The van der Waals surface area contributed by atoms with E-state index in [0.29, 0.717) is 36.5 Å². The summed E-state index contributed by atoms with van der Waals surface area (Å²) in [7, 11) is 3.30. The van der Waals surface area contributed by atoms with Crippen LogP contribution in [0.5, 0.6) is 5.75 Å². The summed E-state index contributed by atoms with van der Waals surface area (Å²) >= 11 is 0. The fraction of sp³-hybridized carbons (Fsp3) is 0.480. The van der Waals surface area contributed by atoms with E-state index >= 15 is 0 Å². The maximum absolute atomic E-state index is 13.4. The molecule has 1 aromatic heterocycles. The largest absolute Gasteiger partial charge is 0.491 e. The topological polar surface area (TPSA) is 114 Å². The van der Waals surface area contributed by atoms with Crippen molar-refractivity contribution in [2.24, 2.45) is 5.92 Å². The molecule has 1 aromatic carbocycles. The molecule has 0 radical (unpaired) electrons. The van der Waals surface area contributed by atoms with Crippen LogP contribution in [0.4, 0.5) is 5.69 Å². The van der Waals surface area contributed by atoms with E-state index < -0.39 is 0 Å². The van der Waals surface area contributed by atoms with Gasteiger partial charge in [-0.3, -0.25) is 19.4 Å². The lowest BCUT2D eigenvalue weighted by molar-refractivity contribution is -0.115. The number of fused-ring (bicyclic) bond motifs is 1. The standard InChI is InChI=1S/C25H33N5O5/c1-6-23(31)28-18-7-8-19-21(11-18)35-15-17(3)30(25(33)20-12-26-9-10-27-20)13-16(2)22(34-5)14-29(4)24(19)32/h7-12,16-17,22H,6,13-15H2,1-5H3,(H,28,31)/t16-,17+,22+/m1/s1. The highest BCUT2D eigenvalue weighted by Gasteiger charge is 2.31. The van der Waals surface area contributed by atoms with Crippen molar-refractivity contribution < 1.29 is 23.9 Å². The Hall–Kier alpha value is -3.53. The number of likely N-dealkylation sites (N-methyl/N-ethyl adjacent to an activating group) is 1. The molecule has 0 spiro atoms. The van der Waals surface area contributed by atoms with Crippen molar-refractivity contribution in [1.82, 2.24) is 19.8 Å². The summed E-state index contributed by atoms with van der Waals surface area (Å²) in [5.41, 5.74) is 1.13. The van der Waals surface area contributed by atoms with Crippen molar-refractivity contribution in [1.29, 1.82) is 0 Å². The molecule has 0 aliphatic carbocycles. The summed E-state index contributed by atoms with van der Waals surface area (Å²) in [6.45, 7) is 6.46. The number of benzene rings is 1. The molecule has 2 aromatic rings. The molecule has 10 nitrogen and oxygen atoms in total. The third-order valence-corrected chi connectivity index (χ3v) is 6.09. The van der Waals surface area contributed by atoms with Crippen LogP contribution < -0.4 is 10.1 Å². The monoisotopic (exact) mass is 483 g/mol. The van der Waals surface area contributed by atoms with E-state index in [-0.39, 0.29) is 48.1 Å². The Morgan fingerprint density at radius 1 is 1.23 bits per heavy atom. The predicted octanol–water partition coefficient (Wildman–Crippen LogP) is 2.47. The van der Waals surface area contributed by atoms with E-state index in [1.54, 1.807) is 49.1 Å². The lowest BCUT2D eigenvalue weighted by Gasteiger charge is -2.35. The van der Waals surface area contributed by atoms with Crippen LogP contribution in [0.15, 0.2) is 36.8 Å². The summed E-state index contributed by atoms with van der Waals surface area (Å²) in [4.78, 5) is 50.0. The van der Waals surface area contributed by atoms with Crippen LogP contribution in [-0.2, 0) is 9.53 Å². The van der Waals surface area contributed by atoms with Crippen molar-refractivity contribution in [3.63, 3.8) is 0 Å². The summed E-state index contributed by atoms with van der Waals surface area (Å²) in [6, 6.07) is 4.61. The van der Waals surface area contributed by atoms with Gasteiger partial charge in [0, 0.05) is 63.7 Å². The number of nitrogens with zero attached hydrogens (tertiary/aromatic N) is 4. The molecule has 10 heteroatoms. The molecule has 1 N–H and O–H groups in total. The van der Waals surface area contributed by atoms with Crippen molar-refractivity contribution in [3.8, 4) is 5.75 Å². The van der Waals surface area contributed by atoms with E-state index in [1.807, 2.05) is 13.8 Å². The van der Waals surface area contributed by atoms with Crippen LogP contribution in [0.25, 0.3) is 0 Å². The van der Waals surface area contributed by atoms with Crippen LogP contribution in [0.3, 0.4) is 0 Å². The maximum atomic E-state index is 13.4. The van der Waals surface area contributed by atoms with Crippen molar-refractivity contribution in [3.05, 3.63) is 48.0 Å². The third-order valence-electron chi connectivity index (χ3n) is 6.09. The second-order valence-electron chi connectivity index (χ2n) is 8.76. The number of hydrogen-bond acceptors (Lipinski definition) is 7. The summed E-state index contributed by atoms with van der Waals surface area (Å²) < 4.78 is 11.8. The lowest BCUT2D eigenvalue weighted by Crippen LogP contribution is -2.48. The van der Waals surface area contributed by atoms with E-state index in [4.69, 9.17) is 9.47 Å². The van der Waals surface area contributed by atoms with Gasteiger partial charge in [0.15, 0.2) is 0 Å². The predicted molar refractivity (Wildman–Crippen MR) is 130 cm³/mol. The number of nitrogens with one attached hydrogen (secondary N) is 1. The first-order chi connectivity index (χ1) is 16.7.